The number of imidazole rings is 1. The van der Waals surface area contributed by atoms with Gasteiger partial charge in [-0.25, -0.2) is 14.8 Å². The second-order valence-electron chi connectivity index (χ2n) is 8.78. The van der Waals surface area contributed by atoms with Crippen molar-refractivity contribution in [2.45, 2.75) is 23.2 Å². The van der Waals surface area contributed by atoms with E-state index in [2.05, 4.69) is 15.0 Å². The van der Waals surface area contributed by atoms with Crippen molar-refractivity contribution in [3.8, 4) is 5.75 Å². The number of hydrogen-bond acceptors (Lipinski definition) is 9. The van der Waals surface area contributed by atoms with Crippen LogP contribution >= 0.6 is 34.7 Å². The summed E-state index contributed by atoms with van der Waals surface area (Å²) in [4.78, 5) is 39.6. The minimum Gasteiger partial charge on any atom is -0.496 e. The SMILES string of the molecule is COC(=O)C1=C(C)N=c2s/c(=C\c3ccc(Sc4nc5ccccc5[nH]4)o3)c(=O)n2[C@H]1c1cc(Cl)ccc1OC. The Labute approximate surface area is 240 Å². The molecule has 0 saturated carbocycles. The maximum absolute atomic E-state index is 13.8. The minimum absolute atomic E-state index is 0.226. The Bertz CT molecular complexity index is 1970. The Morgan fingerprint density at radius 1 is 1.20 bits per heavy atom. The van der Waals surface area contributed by atoms with Crippen molar-refractivity contribution in [1.29, 1.82) is 0 Å². The number of hydrogen-bond donors (Lipinski definition) is 1. The number of fused-ring (bicyclic) bond motifs is 2. The number of furan rings is 1. The summed E-state index contributed by atoms with van der Waals surface area (Å²) < 4.78 is 18.5. The minimum atomic E-state index is -0.852. The Kier molecular flexibility index (Phi) is 6.87. The fourth-order valence-corrected chi connectivity index (χ4v) is 6.55. The van der Waals surface area contributed by atoms with Gasteiger partial charge in [0.2, 0.25) is 0 Å². The van der Waals surface area contributed by atoms with Crippen LogP contribution in [0.1, 0.15) is 24.3 Å². The number of methoxy groups -OCH3 is 2. The number of benzene rings is 2. The van der Waals surface area contributed by atoms with Crippen LogP contribution in [0.2, 0.25) is 5.02 Å². The number of nitrogens with one attached hydrogen (secondary N) is 1. The zero-order valence-electron chi connectivity index (χ0n) is 21.4. The lowest BCUT2D eigenvalue weighted by molar-refractivity contribution is -0.136. The van der Waals surface area contributed by atoms with Gasteiger partial charge < -0.3 is 18.9 Å². The number of allylic oxidation sites excluding steroid dienone is 1. The van der Waals surface area contributed by atoms with Crippen molar-refractivity contribution in [3.05, 3.63) is 102 Å². The largest absolute Gasteiger partial charge is 0.496 e. The molecule has 1 aliphatic rings. The number of para-hydroxylation sites is 2. The first-order chi connectivity index (χ1) is 19.4. The summed E-state index contributed by atoms with van der Waals surface area (Å²) in [6.07, 6.45) is 1.66. The normalized spacial score (nSPS) is 15.3. The Hall–Kier alpha value is -4.06. The Morgan fingerprint density at radius 3 is 2.80 bits per heavy atom. The molecule has 0 unspecified atom stereocenters. The van der Waals surface area contributed by atoms with Crippen LogP contribution in [0.5, 0.6) is 5.75 Å². The van der Waals surface area contributed by atoms with Crippen LogP contribution in [0, 0.1) is 0 Å². The van der Waals surface area contributed by atoms with Crippen molar-refractivity contribution < 1.29 is 18.7 Å². The van der Waals surface area contributed by atoms with Gasteiger partial charge in [0.25, 0.3) is 5.56 Å². The topological polar surface area (TPSA) is 112 Å². The molecule has 12 heteroatoms. The quantitative estimate of drug-likeness (QED) is 0.285. The summed E-state index contributed by atoms with van der Waals surface area (Å²) in [5.74, 6) is 0.365. The van der Waals surface area contributed by atoms with Crippen molar-refractivity contribution >= 4 is 57.8 Å². The molecule has 202 valence electrons. The third-order valence-electron chi connectivity index (χ3n) is 6.35. The van der Waals surface area contributed by atoms with E-state index in [9.17, 15) is 9.59 Å². The van der Waals surface area contributed by atoms with Gasteiger partial charge in [-0.1, -0.05) is 35.1 Å². The molecule has 0 fully saturated rings. The monoisotopic (exact) mass is 592 g/mol. The van der Waals surface area contributed by atoms with E-state index in [-0.39, 0.29) is 11.1 Å². The molecule has 1 aliphatic heterocycles. The van der Waals surface area contributed by atoms with E-state index in [4.69, 9.17) is 25.5 Å². The number of ether oxygens (including phenoxy) is 2. The molecule has 4 heterocycles. The molecule has 5 aromatic rings. The van der Waals surface area contributed by atoms with Crippen LogP contribution in [-0.2, 0) is 9.53 Å². The van der Waals surface area contributed by atoms with Crippen LogP contribution in [0.15, 0.2) is 90.3 Å². The van der Waals surface area contributed by atoms with E-state index in [0.717, 1.165) is 11.0 Å². The van der Waals surface area contributed by atoms with Gasteiger partial charge in [0.15, 0.2) is 15.1 Å². The summed E-state index contributed by atoms with van der Waals surface area (Å²) in [5.41, 5.74) is 2.67. The molecule has 40 heavy (non-hydrogen) atoms. The summed E-state index contributed by atoms with van der Waals surface area (Å²) in [7, 11) is 2.81. The first-order valence-corrected chi connectivity index (χ1v) is 14.0. The lowest BCUT2D eigenvalue weighted by Gasteiger charge is -2.25. The number of halogens is 1. The first-order valence-electron chi connectivity index (χ1n) is 12.0. The van der Waals surface area contributed by atoms with E-state index in [1.54, 1.807) is 37.3 Å². The molecular weight excluding hydrogens is 572 g/mol. The summed E-state index contributed by atoms with van der Waals surface area (Å²) >= 11 is 8.88. The second kappa shape index (κ2) is 10.5. The molecule has 9 nitrogen and oxygen atoms in total. The number of aromatic amines is 1. The lowest BCUT2D eigenvalue weighted by atomic mass is 9.95. The Balaban J connectivity index is 1.43. The van der Waals surface area contributed by atoms with Gasteiger partial charge >= 0.3 is 5.97 Å². The van der Waals surface area contributed by atoms with Gasteiger partial charge in [-0.05, 0) is 61.2 Å². The fraction of sp³-hybridized carbons (Fsp3) is 0.143. The van der Waals surface area contributed by atoms with Crippen molar-refractivity contribution in [2.75, 3.05) is 14.2 Å². The number of aromatic nitrogens is 3. The highest BCUT2D eigenvalue weighted by Crippen LogP contribution is 2.37. The highest BCUT2D eigenvalue weighted by atomic mass is 35.5. The number of carbonyl (C=O) groups excluding carboxylic acids is 1. The summed E-state index contributed by atoms with van der Waals surface area (Å²) in [6.45, 7) is 1.71. The Morgan fingerprint density at radius 2 is 2.02 bits per heavy atom. The molecule has 1 N–H and O–H groups in total. The lowest BCUT2D eigenvalue weighted by Crippen LogP contribution is -2.40. The third kappa shape index (κ3) is 4.66. The molecule has 0 bridgehead atoms. The van der Waals surface area contributed by atoms with Crippen LogP contribution in [0.25, 0.3) is 17.1 Å². The van der Waals surface area contributed by atoms with E-state index >= 15 is 0 Å². The fourth-order valence-electron chi connectivity index (χ4n) is 4.57. The smallest absolute Gasteiger partial charge is 0.338 e. The average Bonchev–Trinajstić information content (AvgIpc) is 3.65. The van der Waals surface area contributed by atoms with Crippen molar-refractivity contribution in [3.63, 3.8) is 0 Å². The average molecular weight is 593 g/mol. The van der Waals surface area contributed by atoms with Gasteiger partial charge in [0.05, 0.1) is 41.1 Å². The van der Waals surface area contributed by atoms with Crippen LogP contribution in [0.3, 0.4) is 0 Å². The first kappa shape index (κ1) is 26.2. The molecule has 1 atom stereocenters. The van der Waals surface area contributed by atoms with Crippen LogP contribution < -0.4 is 19.6 Å². The molecule has 0 radical (unpaired) electrons. The molecule has 0 aliphatic carbocycles. The number of esters is 1. The van der Waals surface area contributed by atoms with Crippen LogP contribution in [0.4, 0.5) is 0 Å². The standard InChI is InChI=1S/C28H21ClN4O5S2/c1-14-23(26(35)37-3)24(17-12-15(29)8-10-20(17)36-2)33-25(34)21(39-28(33)30-14)13-16-9-11-22(38-16)40-27-31-18-6-4-5-7-19(18)32-27/h4-13,24H,1-3H3,(H,31,32)/b21-13-/t24-/m0/s1. The van der Waals surface area contributed by atoms with E-state index in [1.165, 1.54) is 41.9 Å². The van der Waals surface area contributed by atoms with Crippen molar-refractivity contribution in [2.24, 2.45) is 4.99 Å². The zero-order chi connectivity index (χ0) is 28.0. The maximum atomic E-state index is 13.8. The molecular formula is C28H21ClN4O5S2. The molecule has 0 spiro atoms. The summed E-state index contributed by atoms with van der Waals surface area (Å²) in [5, 5.41) is 1.74. The highest BCUT2D eigenvalue weighted by Gasteiger charge is 2.35. The van der Waals surface area contributed by atoms with E-state index in [0.29, 0.717) is 47.4 Å². The second-order valence-corrected chi connectivity index (χ2v) is 11.2. The van der Waals surface area contributed by atoms with Gasteiger partial charge in [-0.2, -0.15) is 0 Å². The number of H-pyrrole nitrogens is 1. The number of rotatable bonds is 6. The van der Waals surface area contributed by atoms with Gasteiger partial charge in [0.1, 0.15) is 17.6 Å². The molecule has 6 rings (SSSR count). The summed E-state index contributed by atoms with van der Waals surface area (Å²) in [6, 6.07) is 15.6. The number of nitrogens with zero attached hydrogens (tertiary/aromatic N) is 3. The van der Waals surface area contributed by atoms with Gasteiger partial charge in [-0.3, -0.25) is 9.36 Å². The molecule has 2 aromatic carbocycles. The molecule has 3 aromatic heterocycles. The molecule has 0 amide bonds. The predicted octanol–water partition coefficient (Wildman–Crippen LogP) is 4.69. The van der Waals surface area contributed by atoms with Crippen molar-refractivity contribution in [1.82, 2.24) is 14.5 Å². The maximum Gasteiger partial charge on any atom is 0.338 e. The van der Waals surface area contributed by atoms with E-state index in [1.807, 2.05) is 30.3 Å². The van der Waals surface area contributed by atoms with Gasteiger partial charge in [0, 0.05) is 16.7 Å². The molecule has 0 saturated heterocycles. The van der Waals surface area contributed by atoms with Crippen LogP contribution in [-0.4, -0.2) is 34.7 Å². The zero-order valence-corrected chi connectivity index (χ0v) is 23.8. The highest BCUT2D eigenvalue weighted by molar-refractivity contribution is 7.99. The number of thiazole rings is 1. The third-order valence-corrected chi connectivity index (χ3v) is 8.38. The van der Waals surface area contributed by atoms with E-state index < -0.39 is 12.0 Å². The van der Waals surface area contributed by atoms with Gasteiger partial charge in [-0.15, -0.1) is 0 Å². The number of carbonyl (C=O) groups is 1. The predicted molar refractivity (Wildman–Crippen MR) is 153 cm³/mol.